The van der Waals surface area contributed by atoms with Crippen molar-refractivity contribution >= 4 is 11.9 Å². The molecule has 7 nitrogen and oxygen atoms in total. The molecule has 0 aliphatic heterocycles. The number of carboxylic acids is 1. The van der Waals surface area contributed by atoms with Crippen LogP contribution in [0.5, 0.6) is 17.2 Å². The minimum atomic E-state index is -0.976. The number of hydrogen-bond donors (Lipinski definition) is 2. The molecule has 1 aromatic carbocycles. The number of benzene rings is 1. The van der Waals surface area contributed by atoms with Gasteiger partial charge in [-0.2, -0.15) is 0 Å². The average molecular weight is 339 g/mol. The standard InChI is InChI=1S/C17H25NO6/c1-6-17(7-2,16(20)21)10-18-15(19)11-8-12(22-3)14(24-5)13(9-11)23-4/h8-9H,6-7,10H2,1-5H3,(H,18,19)(H,20,21). The molecule has 0 unspecified atom stereocenters. The normalized spacial score (nSPS) is 10.9. The smallest absolute Gasteiger partial charge is 0.311 e. The van der Waals surface area contributed by atoms with Gasteiger partial charge in [-0.05, 0) is 25.0 Å². The van der Waals surface area contributed by atoms with Crippen molar-refractivity contribution in [3.63, 3.8) is 0 Å². The van der Waals surface area contributed by atoms with Crippen molar-refractivity contribution < 1.29 is 28.9 Å². The molecule has 0 fully saturated rings. The molecule has 2 N–H and O–H groups in total. The zero-order chi connectivity index (χ0) is 18.3. The van der Waals surface area contributed by atoms with Gasteiger partial charge in [0.15, 0.2) is 11.5 Å². The van der Waals surface area contributed by atoms with E-state index in [-0.39, 0.29) is 6.54 Å². The number of amides is 1. The second-order valence-electron chi connectivity index (χ2n) is 5.39. The van der Waals surface area contributed by atoms with E-state index >= 15 is 0 Å². The number of nitrogens with one attached hydrogen (secondary N) is 1. The Morgan fingerprint density at radius 1 is 1.04 bits per heavy atom. The van der Waals surface area contributed by atoms with Crippen molar-refractivity contribution in [2.45, 2.75) is 26.7 Å². The molecule has 134 valence electrons. The van der Waals surface area contributed by atoms with Crippen LogP contribution in [0.4, 0.5) is 0 Å². The molecule has 0 heterocycles. The number of ether oxygens (including phenoxy) is 3. The molecular formula is C17H25NO6. The summed E-state index contributed by atoms with van der Waals surface area (Å²) < 4.78 is 15.6. The van der Waals surface area contributed by atoms with Crippen molar-refractivity contribution in [1.29, 1.82) is 0 Å². The van der Waals surface area contributed by atoms with E-state index in [9.17, 15) is 14.7 Å². The van der Waals surface area contributed by atoms with Gasteiger partial charge in [0.05, 0.1) is 26.7 Å². The Labute approximate surface area is 141 Å². The van der Waals surface area contributed by atoms with Crippen molar-refractivity contribution in [3.05, 3.63) is 17.7 Å². The maximum absolute atomic E-state index is 12.4. The van der Waals surface area contributed by atoms with Crippen LogP contribution < -0.4 is 19.5 Å². The SMILES string of the molecule is CCC(CC)(CNC(=O)c1cc(OC)c(OC)c(OC)c1)C(=O)O. The summed E-state index contributed by atoms with van der Waals surface area (Å²) in [6.07, 6.45) is 0.850. The van der Waals surface area contributed by atoms with Crippen LogP contribution in [0.1, 0.15) is 37.0 Å². The Balaban J connectivity index is 3.06. The molecule has 1 rings (SSSR count). The van der Waals surface area contributed by atoms with E-state index in [1.807, 2.05) is 0 Å². The van der Waals surface area contributed by atoms with E-state index in [1.54, 1.807) is 13.8 Å². The quantitative estimate of drug-likeness (QED) is 0.717. The molecule has 1 amide bonds. The average Bonchev–Trinajstić information content (AvgIpc) is 2.60. The fourth-order valence-corrected chi connectivity index (χ4v) is 2.44. The lowest BCUT2D eigenvalue weighted by atomic mass is 9.82. The number of carboxylic acid groups (broad SMARTS) is 1. The fourth-order valence-electron chi connectivity index (χ4n) is 2.44. The predicted molar refractivity (Wildman–Crippen MR) is 89.1 cm³/mol. The van der Waals surface area contributed by atoms with Crippen LogP contribution in [0.3, 0.4) is 0 Å². The third-order valence-corrected chi connectivity index (χ3v) is 4.32. The Hall–Kier alpha value is -2.44. The van der Waals surface area contributed by atoms with Gasteiger partial charge in [0.1, 0.15) is 0 Å². The molecule has 24 heavy (non-hydrogen) atoms. The maximum atomic E-state index is 12.4. The van der Waals surface area contributed by atoms with Crippen LogP contribution in [0.25, 0.3) is 0 Å². The van der Waals surface area contributed by atoms with Gasteiger partial charge >= 0.3 is 5.97 Å². The minimum Gasteiger partial charge on any atom is -0.493 e. The van der Waals surface area contributed by atoms with Gasteiger partial charge in [-0.15, -0.1) is 0 Å². The Bertz CT molecular complexity index is 570. The zero-order valence-electron chi connectivity index (χ0n) is 14.8. The lowest BCUT2D eigenvalue weighted by Gasteiger charge is -2.26. The third kappa shape index (κ3) is 3.90. The largest absolute Gasteiger partial charge is 0.493 e. The molecule has 7 heteroatoms. The first kappa shape index (κ1) is 19.6. The topological polar surface area (TPSA) is 94.1 Å². The highest BCUT2D eigenvalue weighted by molar-refractivity contribution is 5.96. The molecule has 0 saturated heterocycles. The van der Waals surface area contributed by atoms with Gasteiger partial charge in [-0.1, -0.05) is 13.8 Å². The molecule has 0 aromatic heterocycles. The van der Waals surface area contributed by atoms with Gasteiger partial charge in [0, 0.05) is 12.1 Å². The van der Waals surface area contributed by atoms with Crippen molar-refractivity contribution in [3.8, 4) is 17.2 Å². The Kier molecular flexibility index (Phi) is 6.88. The lowest BCUT2D eigenvalue weighted by molar-refractivity contribution is -0.149. The molecule has 0 aliphatic carbocycles. The van der Waals surface area contributed by atoms with E-state index in [1.165, 1.54) is 33.5 Å². The molecule has 0 spiro atoms. The van der Waals surface area contributed by atoms with E-state index in [2.05, 4.69) is 5.32 Å². The van der Waals surface area contributed by atoms with E-state index in [0.29, 0.717) is 35.7 Å². The van der Waals surface area contributed by atoms with Gasteiger partial charge in [-0.25, -0.2) is 0 Å². The Morgan fingerprint density at radius 2 is 1.54 bits per heavy atom. The summed E-state index contributed by atoms with van der Waals surface area (Å²) in [5.74, 6) is -0.215. The first-order valence-corrected chi connectivity index (χ1v) is 7.70. The number of methoxy groups -OCH3 is 3. The number of carbonyl (C=O) groups is 2. The summed E-state index contributed by atoms with van der Waals surface area (Å²) in [7, 11) is 4.40. The predicted octanol–water partition coefficient (Wildman–Crippen LogP) is 2.33. The molecule has 0 saturated carbocycles. The van der Waals surface area contributed by atoms with Gasteiger partial charge in [0.25, 0.3) is 5.91 Å². The molecule has 0 radical (unpaired) electrons. The fraction of sp³-hybridized carbons (Fsp3) is 0.529. The summed E-state index contributed by atoms with van der Waals surface area (Å²) in [6.45, 7) is 3.64. The number of carbonyl (C=O) groups excluding carboxylic acids is 1. The highest BCUT2D eigenvalue weighted by atomic mass is 16.5. The lowest BCUT2D eigenvalue weighted by Crippen LogP contribution is -2.42. The minimum absolute atomic E-state index is 0.0465. The zero-order valence-corrected chi connectivity index (χ0v) is 14.8. The number of aliphatic carboxylic acids is 1. The van der Waals surface area contributed by atoms with Crippen LogP contribution in [0.2, 0.25) is 0 Å². The summed E-state index contributed by atoms with van der Waals surface area (Å²) in [5.41, 5.74) is -0.674. The van der Waals surface area contributed by atoms with Gasteiger partial charge in [0.2, 0.25) is 5.75 Å². The van der Waals surface area contributed by atoms with Gasteiger partial charge < -0.3 is 24.6 Å². The maximum Gasteiger partial charge on any atom is 0.311 e. The summed E-state index contributed by atoms with van der Waals surface area (Å²) in [6, 6.07) is 3.05. The number of hydrogen-bond acceptors (Lipinski definition) is 5. The first-order valence-electron chi connectivity index (χ1n) is 7.70. The molecular weight excluding hydrogens is 314 g/mol. The van der Waals surface area contributed by atoms with Crippen LogP contribution in [-0.4, -0.2) is 44.9 Å². The molecule has 0 bridgehead atoms. The van der Waals surface area contributed by atoms with Crippen LogP contribution in [0, 0.1) is 5.41 Å². The first-order chi connectivity index (χ1) is 11.4. The van der Waals surface area contributed by atoms with Crippen molar-refractivity contribution in [2.75, 3.05) is 27.9 Å². The Morgan fingerprint density at radius 3 is 1.88 bits per heavy atom. The second kappa shape index (κ2) is 8.42. The van der Waals surface area contributed by atoms with E-state index in [0.717, 1.165) is 0 Å². The highest BCUT2D eigenvalue weighted by Gasteiger charge is 2.35. The van der Waals surface area contributed by atoms with E-state index in [4.69, 9.17) is 14.2 Å². The summed E-state index contributed by atoms with van der Waals surface area (Å²) in [4.78, 5) is 23.9. The molecule has 1 aromatic rings. The number of rotatable bonds is 9. The highest BCUT2D eigenvalue weighted by Crippen LogP contribution is 2.38. The van der Waals surface area contributed by atoms with Crippen LogP contribution >= 0.6 is 0 Å². The third-order valence-electron chi connectivity index (χ3n) is 4.32. The van der Waals surface area contributed by atoms with Crippen LogP contribution in [0.15, 0.2) is 12.1 Å². The molecule has 0 atom stereocenters. The summed E-state index contributed by atoms with van der Waals surface area (Å²) in [5, 5.41) is 12.1. The molecule has 0 aliphatic rings. The summed E-state index contributed by atoms with van der Waals surface area (Å²) >= 11 is 0. The van der Waals surface area contributed by atoms with Crippen molar-refractivity contribution in [1.82, 2.24) is 5.32 Å². The van der Waals surface area contributed by atoms with Gasteiger partial charge in [-0.3, -0.25) is 9.59 Å². The van der Waals surface area contributed by atoms with E-state index < -0.39 is 17.3 Å². The monoisotopic (exact) mass is 339 g/mol. The van der Waals surface area contributed by atoms with Crippen LogP contribution in [-0.2, 0) is 4.79 Å². The second-order valence-corrected chi connectivity index (χ2v) is 5.39. The van der Waals surface area contributed by atoms with Crippen molar-refractivity contribution in [2.24, 2.45) is 5.41 Å².